The molecule has 1 aliphatic carbocycles. The molecule has 3 heterocycles. The van der Waals surface area contributed by atoms with Crippen molar-refractivity contribution >= 4 is 5.91 Å². The summed E-state index contributed by atoms with van der Waals surface area (Å²) in [5.41, 5.74) is -0.278. The number of aliphatic hydroxyl groups excluding tert-OH is 1. The van der Waals surface area contributed by atoms with Crippen molar-refractivity contribution in [3.63, 3.8) is 0 Å². The van der Waals surface area contributed by atoms with Crippen LogP contribution in [0.15, 0.2) is 36.5 Å². The van der Waals surface area contributed by atoms with Gasteiger partial charge in [-0.2, -0.15) is 13.2 Å². The normalized spacial score (nSPS) is 22.4. The Kier molecular flexibility index (Phi) is 8.14. The molecule has 1 atom stereocenters. The van der Waals surface area contributed by atoms with E-state index in [-0.39, 0.29) is 37.4 Å². The lowest BCUT2D eigenvalue weighted by molar-refractivity contribution is -0.256. The summed E-state index contributed by atoms with van der Waals surface area (Å²) in [6, 6.07) is 7.93. The Balaban J connectivity index is 1.11. The number of piperidine rings is 2. The minimum Gasteiger partial charge on any atom is -0.477 e. The molecule has 6 nitrogen and oxygen atoms in total. The second-order valence-electron chi connectivity index (χ2n) is 11.3. The van der Waals surface area contributed by atoms with Gasteiger partial charge in [-0.1, -0.05) is 12.5 Å². The van der Waals surface area contributed by atoms with E-state index in [1.54, 1.807) is 24.4 Å². The Hall–Kier alpha value is -2.72. The highest BCUT2D eigenvalue weighted by molar-refractivity contribution is 5.95. The molecule has 0 radical (unpaired) electrons. The first-order valence-corrected chi connectivity index (χ1v) is 13.8. The molecule has 1 saturated carbocycles. The molecule has 0 unspecified atom stereocenters. The Morgan fingerprint density at radius 2 is 1.79 bits per heavy atom. The van der Waals surface area contributed by atoms with Gasteiger partial charge < -0.3 is 19.6 Å². The fourth-order valence-electron chi connectivity index (χ4n) is 5.89. The van der Waals surface area contributed by atoms with Gasteiger partial charge in [0.05, 0.1) is 23.7 Å². The predicted octanol–water partition coefficient (Wildman–Crippen LogP) is 5.31. The van der Waals surface area contributed by atoms with Gasteiger partial charge >= 0.3 is 6.18 Å². The van der Waals surface area contributed by atoms with E-state index in [0.29, 0.717) is 62.5 Å². The third kappa shape index (κ3) is 6.22. The molecule has 212 valence electrons. The number of β-amino-alcohol motifs (C(OH)–C–C–N with tert-alkyl or cyclic N) is 1. The second kappa shape index (κ2) is 11.4. The number of rotatable bonds is 7. The number of aromatic nitrogens is 1. The molecule has 0 spiro atoms. The standard InChI is InChI=1S/C29H35F4N3O3/c30-25-15-21(4-6-24(25)27(38)36-12-1-3-23(37)17-36)22-5-7-26(34-16-22)39-18-20-8-13-35(14-9-20)19-28(10-2-11-28)29(31,32)33/h4-7,15-16,20,23,37H,1-3,8-14,17-19H2/t23-/m0/s1. The van der Waals surface area contributed by atoms with E-state index < -0.39 is 29.4 Å². The molecule has 39 heavy (non-hydrogen) atoms. The van der Waals surface area contributed by atoms with Crippen molar-refractivity contribution in [3.05, 3.63) is 47.9 Å². The Bertz CT molecular complexity index is 1150. The van der Waals surface area contributed by atoms with Gasteiger partial charge in [-0.15, -0.1) is 0 Å². The fraction of sp³-hybridized carbons (Fsp3) is 0.586. The third-order valence-electron chi connectivity index (χ3n) is 8.57. The summed E-state index contributed by atoms with van der Waals surface area (Å²) in [5, 5.41) is 9.81. The lowest BCUT2D eigenvalue weighted by atomic mass is 9.67. The number of hydrogen-bond acceptors (Lipinski definition) is 5. The SMILES string of the molecule is O=C(c1ccc(-c2ccc(OCC3CCN(CC4(C(F)(F)F)CCC4)CC3)nc2)cc1F)N1CCC[C@H](O)C1. The molecule has 1 aromatic heterocycles. The largest absolute Gasteiger partial charge is 0.477 e. The molecule has 3 fully saturated rings. The molecule has 1 aromatic carbocycles. The smallest absolute Gasteiger partial charge is 0.395 e. The lowest BCUT2D eigenvalue weighted by Crippen LogP contribution is -2.53. The van der Waals surface area contributed by atoms with E-state index in [1.807, 2.05) is 4.90 Å². The summed E-state index contributed by atoms with van der Waals surface area (Å²) >= 11 is 0. The van der Waals surface area contributed by atoms with Crippen molar-refractivity contribution in [3.8, 4) is 17.0 Å². The number of hydrogen-bond donors (Lipinski definition) is 1. The molecule has 2 aromatic rings. The first-order chi connectivity index (χ1) is 18.6. The number of amides is 1. The van der Waals surface area contributed by atoms with Crippen LogP contribution in [0.4, 0.5) is 17.6 Å². The maximum atomic E-state index is 14.8. The minimum absolute atomic E-state index is 0.0203. The molecular formula is C29H35F4N3O3. The monoisotopic (exact) mass is 549 g/mol. The Labute approximate surface area is 226 Å². The lowest BCUT2D eigenvalue weighted by Gasteiger charge is -2.47. The van der Waals surface area contributed by atoms with Crippen LogP contribution in [0.5, 0.6) is 5.88 Å². The molecule has 2 aliphatic heterocycles. The molecule has 0 bridgehead atoms. The number of nitrogens with zero attached hydrogens (tertiary/aromatic N) is 3. The minimum atomic E-state index is -4.13. The quantitative estimate of drug-likeness (QED) is 0.475. The number of alkyl halides is 3. The van der Waals surface area contributed by atoms with E-state index in [4.69, 9.17) is 4.74 Å². The number of carbonyl (C=O) groups excluding carboxylic acids is 1. The summed E-state index contributed by atoms with van der Waals surface area (Å²) in [4.78, 5) is 20.5. The van der Waals surface area contributed by atoms with E-state index in [2.05, 4.69) is 4.98 Å². The summed E-state index contributed by atoms with van der Waals surface area (Å²) in [6.45, 7) is 2.54. The van der Waals surface area contributed by atoms with Gasteiger partial charge in [0.25, 0.3) is 5.91 Å². The summed E-state index contributed by atoms with van der Waals surface area (Å²) in [5.74, 6) is -0.357. The van der Waals surface area contributed by atoms with Crippen LogP contribution in [0.2, 0.25) is 0 Å². The van der Waals surface area contributed by atoms with Crippen LogP contribution in [0.1, 0.15) is 55.3 Å². The first-order valence-electron chi connectivity index (χ1n) is 13.8. The number of benzene rings is 1. The molecule has 5 rings (SSSR count). The topological polar surface area (TPSA) is 65.9 Å². The zero-order valence-electron chi connectivity index (χ0n) is 21.9. The average molecular weight is 550 g/mol. The van der Waals surface area contributed by atoms with Crippen molar-refractivity contribution < 1.29 is 32.2 Å². The number of aliphatic hydroxyl groups is 1. The highest BCUT2D eigenvalue weighted by Gasteiger charge is 2.58. The highest BCUT2D eigenvalue weighted by atomic mass is 19.4. The van der Waals surface area contributed by atoms with E-state index in [1.165, 1.54) is 17.0 Å². The molecule has 1 N–H and O–H groups in total. The van der Waals surface area contributed by atoms with Gasteiger partial charge in [-0.25, -0.2) is 9.37 Å². The molecule has 1 amide bonds. The van der Waals surface area contributed by atoms with Gasteiger partial charge in [0.2, 0.25) is 5.88 Å². The highest BCUT2D eigenvalue weighted by Crippen LogP contribution is 2.53. The van der Waals surface area contributed by atoms with Crippen LogP contribution in [-0.4, -0.2) is 77.4 Å². The van der Waals surface area contributed by atoms with Gasteiger partial charge in [-0.3, -0.25) is 4.79 Å². The number of carbonyl (C=O) groups is 1. The number of pyridine rings is 1. The van der Waals surface area contributed by atoms with Crippen LogP contribution in [0.25, 0.3) is 11.1 Å². The summed E-state index contributed by atoms with van der Waals surface area (Å²) in [6.07, 6.45) is 0.903. The Morgan fingerprint density at radius 1 is 1.05 bits per heavy atom. The second-order valence-corrected chi connectivity index (χ2v) is 11.3. The summed E-state index contributed by atoms with van der Waals surface area (Å²) < 4.78 is 61.2. The van der Waals surface area contributed by atoms with Crippen molar-refractivity contribution in [1.29, 1.82) is 0 Å². The zero-order chi connectivity index (χ0) is 27.6. The van der Waals surface area contributed by atoms with E-state index in [0.717, 1.165) is 12.8 Å². The van der Waals surface area contributed by atoms with Crippen LogP contribution in [0.3, 0.4) is 0 Å². The zero-order valence-corrected chi connectivity index (χ0v) is 21.9. The van der Waals surface area contributed by atoms with Crippen molar-refractivity contribution in [2.24, 2.45) is 11.3 Å². The van der Waals surface area contributed by atoms with Crippen LogP contribution in [-0.2, 0) is 0 Å². The molecular weight excluding hydrogens is 514 g/mol. The van der Waals surface area contributed by atoms with Crippen molar-refractivity contribution in [1.82, 2.24) is 14.8 Å². The van der Waals surface area contributed by atoms with Crippen LogP contribution < -0.4 is 4.74 Å². The van der Waals surface area contributed by atoms with Gasteiger partial charge in [0.15, 0.2) is 0 Å². The Morgan fingerprint density at radius 3 is 2.38 bits per heavy atom. The van der Waals surface area contributed by atoms with Crippen molar-refractivity contribution in [2.45, 2.75) is 57.2 Å². The average Bonchev–Trinajstić information content (AvgIpc) is 2.89. The molecule has 10 heteroatoms. The predicted molar refractivity (Wildman–Crippen MR) is 138 cm³/mol. The van der Waals surface area contributed by atoms with Crippen LogP contribution >= 0.6 is 0 Å². The van der Waals surface area contributed by atoms with E-state index >= 15 is 0 Å². The fourth-order valence-corrected chi connectivity index (χ4v) is 5.89. The number of ether oxygens (including phenoxy) is 1. The van der Waals surface area contributed by atoms with Gasteiger partial charge in [-0.05, 0) is 81.3 Å². The van der Waals surface area contributed by atoms with Crippen LogP contribution in [0, 0.1) is 17.2 Å². The maximum absolute atomic E-state index is 14.8. The van der Waals surface area contributed by atoms with Crippen molar-refractivity contribution in [2.75, 3.05) is 39.3 Å². The maximum Gasteiger partial charge on any atom is 0.395 e. The number of halogens is 4. The first kappa shape index (κ1) is 27.8. The van der Waals surface area contributed by atoms with Gasteiger partial charge in [0.1, 0.15) is 5.82 Å². The summed E-state index contributed by atoms with van der Waals surface area (Å²) in [7, 11) is 0. The van der Waals surface area contributed by atoms with E-state index in [9.17, 15) is 27.5 Å². The van der Waals surface area contributed by atoms with Gasteiger partial charge in [0, 0.05) is 37.5 Å². The molecule has 2 saturated heterocycles. The third-order valence-corrected chi connectivity index (χ3v) is 8.57. The molecule has 3 aliphatic rings. The number of likely N-dealkylation sites (tertiary alicyclic amines) is 2.